The molecular formula is C18H16F2N2O4. The van der Waals surface area contributed by atoms with Gasteiger partial charge in [-0.25, -0.2) is 0 Å². The molecule has 0 radical (unpaired) electrons. The van der Waals surface area contributed by atoms with E-state index in [-0.39, 0.29) is 23.9 Å². The van der Waals surface area contributed by atoms with Crippen LogP contribution >= 0.6 is 0 Å². The van der Waals surface area contributed by atoms with Crippen molar-refractivity contribution in [3.8, 4) is 11.5 Å². The van der Waals surface area contributed by atoms with E-state index in [9.17, 15) is 18.4 Å². The summed E-state index contributed by atoms with van der Waals surface area (Å²) in [5.41, 5.74) is 0.572. The Labute approximate surface area is 148 Å². The Kier molecular flexibility index (Phi) is 5.01. The Morgan fingerprint density at radius 1 is 1.23 bits per heavy atom. The summed E-state index contributed by atoms with van der Waals surface area (Å²) in [6.07, 6.45) is -0.729. The SMILES string of the molecule is C[C@H]1Oc2ccccc2N(CC(=O)Nc2ccccc2OC(F)F)C1=O. The smallest absolute Gasteiger partial charge is 0.387 e. The first kappa shape index (κ1) is 17.7. The number of hydrogen-bond acceptors (Lipinski definition) is 4. The van der Waals surface area contributed by atoms with Crippen LogP contribution in [0.2, 0.25) is 0 Å². The molecule has 1 heterocycles. The van der Waals surface area contributed by atoms with E-state index < -0.39 is 18.6 Å². The normalized spacial score (nSPS) is 16.1. The van der Waals surface area contributed by atoms with Gasteiger partial charge in [0, 0.05) is 0 Å². The number of para-hydroxylation sites is 4. The number of nitrogens with one attached hydrogen (secondary N) is 1. The molecule has 3 rings (SSSR count). The predicted octanol–water partition coefficient (Wildman–Crippen LogP) is 3.04. The maximum absolute atomic E-state index is 12.5. The number of anilines is 2. The van der Waals surface area contributed by atoms with Crippen molar-refractivity contribution in [2.45, 2.75) is 19.6 Å². The summed E-state index contributed by atoms with van der Waals surface area (Å²) in [7, 11) is 0. The average molecular weight is 362 g/mol. The van der Waals surface area contributed by atoms with Gasteiger partial charge in [0.05, 0.1) is 11.4 Å². The van der Waals surface area contributed by atoms with E-state index in [0.29, 0.717) is 11.4 Å². The lowest BCUT2D eigenvalue weighted by atomic mass is 10.2. The summed E-state index contributed by atoms with van der Waals surface area (Å²) in [6.45, 7) is -1.71. The van der Waals surface area contributed by atoms with Gasteiger partial charge in [0.25, 0.3) is 5.91 Å². The van der Waals surface area contributed by atoms with Crippen molar-refractivity contribution in [3.05, 3.63) is 48.5 Å². The van der Waals surface area contributed by atoms with Crippen LogP contribution in [0.4, 0.5) is 20.2 Å². The van der Waals surface area contributed by atoms with Crippen LogP contribution in [-0.2, 0) is 9.59 Å². The van der Waals surface area contributed by atoms with Crippen molar-refractivity contribution >= 4 is 23.2 Å². The van der Waals surface area contributed by atoms with E-state index in [4.69, 9.17) is 4.74 Å². The third-order valence-corrected chi connectivity index (χ3v) is 3.75. The standard InChI is InChI=1S/C18H16F2N2O4/c1-11-17(24)22(13-7-3-5-9-15(13)25-11)10-16(23)21-12-6-2-4-8-14(12)26-18(19)20/h2-9,11,18H,10H2,1H3,(H,21,23)/t11-/m1/s1. The van der Waals surface area contributed by atoms with Crippen LogP contribution in [0.25, 0.3) is 0 Å². The lowest BCUT2D eigenvalue weighted by Crippen LogP contribution is -2.47. The largest absolute Gasteiger partial charge is 0.479 e. The lowest BCUT2D eigenvalue weighted by molar-refractivity contribution is -0.127. The summed E-state index contributed by atoms with van der Waals surface area (Å²) in [5, 5.41) is 2.50. The zero-order chi connectivity index (χ0) is 18.7. The molecule has 1 aliphatic heterocycles. The number of benzene rings is 2. The molecule has 1 aliphatic rings. The molecule has 2 aromatic rings. The number of fused-ring (bicyclic) bond motifs is 1. The van der Waals surface area contributed by atoms with Gasteiger partial charge < -0.3 is 14.8 Å². The fraction of sp³-hybridized carbons (Fsp3) is 0.222. The van der Waals surface area contributed by atoms with E-state index in [1.165, 1.54) is 23.1 Å². The van der Waals surface area contributed by atoms with Gasteiger partial charge in [-0.15, -0.1) is 0 Å². The highest BCUT2D eigenvalue weighted by Crippen LogP contribution is 2.33. The molecule has 26 heavy (non-hydrogen) atoms. The quantitative estimate of drug-likeness (QED) is 0.888. The van der Waals surface area contributed by atoms with Crippen LogP contribution in [0, 0.1) is 0 Å². The van der Waals surface area contributed by atoms with Gasteiger partial charge in [0.2, 0.25) is 5.91 Å². The van der Waals surface area contributed by atoms with Crippen LogP contribution in [0.15, 0.2) is 48.5 Å². The molecule has 1 N–H and O–H groups in total. The summed E-state index contributed by atoms with van der Waals surface area (Å²) >= 11 is 0. The number of carbonyl (C=O) groups excluding carboxylic acids is 2. The van der Waals surface area contributed by atoms with Crippen molar-refractivity contribution < 1.29 is 27.8 Å². The predicted molar refractivity (Wildman–Crippen MR) is 90.6 cm³/mol. The molecule has 136 valence electrons. The van der Waals surface area contributed by atoms with Gasteiger partial charge in [-0.2, -0.15) is 8.78 Å². The second-order valence-corrected chi connectivity index (χ2v) is 5.58. The minimum atomic E-state index is -3.01. The molecule has 0 spiro atoms. The first-order chi connectivity index (χ1) is 12.5. The average Bonchev–Trinajstić information content (AvgIpc) is 2.60. The molecule has 0 fully saturated rings. The van der Waals surface area contributed by atoms with Crippen molar-refractivity contribution in [1.29, 1.82) is 0 Å². The highest BCUT2D eigenvalue weighted by atomic mass is 19.3. The summed E-state index contributed by atoms with van der Waals surface area (Å²) < 4.78 is 34.8. The van der Waals surface area contributed by atoms with Crippen LogP contribution < -0.4 is 19.7 Å². The van der Waals surface area contributed by atoms with Crippen LogP contribution in [0.1, 0.15) is 6.92 Å². The van der Waals surface area contributed by atoms with E-state index in [2.05, 4.69) is 10.1 Å². The Hall–Kier alpha value is -3.16. The Morgan fingerprint density at radius 3 is 2.69 bits per heavy atom. The first-order valence-electron chi connectivity index (χ1n) is 7.86. The van der Waals surface area contributed by atoms with E-state index in [1.54, 1.807) is 37.3 Å². The first-order valence-corrected chi connectivity index (χ1v) is 7.86. The van der Waals surface area contributed by atoms with Gasteiger partial charge in [0.15, 0.2) is 6.10 Å². The summed E-state index contributed by atoms with van der Waals surface area (Å²) in [6, 6.07) is 12.7. The van der Waals surface area contributed by atoms with E-state index >= 15 is 0 Å². The maximum atomic E-state index is 12.5. The summed E-state index contributed by atoms with van der Waals surface area (Å²) in [5.74, 6) is -0.574. The topological polar surface area (TPSA) is 67.9 Å². The van der Waals surface area contributed by atoms with Crippen molar-refractivity contribution in [2.24, 2.45) is 0 Å². The van der Waals surface area contributed by atoms with Crippen molar-refractivity contribution in [2.75, 3.05) is 16.8 Å². The van der Waals surface area contributed by atoms with E-state index in [0.717, 1.165) is 0 Å². The number of amides is 2. The second-order valence-electron chi connectivity index (χ2n) is 5.58. The third-order valence-electron chi connectivity index (χ3n) is 3.75. The van der Waals surface area contributed by atoms with Gasteiger partial charge in [-0.05, 0) is 31.2 Å². The minimum Gasteiger partial charge on any atom is -0.479 e. The monoisotopic (exact) mass is 362 g/mol. The Morgan fingerprint density at radius 2 is 1.92 bits per heavy atom. The van der Waals surface area contributed by atoms with Crippen molar-refractivity contribution in [3.63, 3.8) is 0 Å². The molecule has 0 aromatic heterocycles. The molecule has 0 aliphatic carbocycles. The maximum Gasteiger partial charge on any atom is 0.387 e. The van der Waals surface area contributed by atoms with Crippen LogP contribution in [0.5, 0.6) is 11.5 Å². The molecule has 8 heteroatoms. The highest BCUT2D eigenvalue weighted by molar-refractivity contribution is 6.06. The molecule has 1 atom stereocenters. The minimum absolute atomic E-state index is 0.0971. The van der Waals surface area contributed by atoms with Crippen LogP contribution in [0.3, 0.4) is 0 Å². The molecule has 0 saturated carbocycles. The fourth-order valence-electron chi connectivity index (χ4n) is 2.62. The van der Waals surface area contributed by atoms with Crippen molar-refractivity contribution in [1.82, 2.24) is 0 Å². The number of halogens is 2. The highest BCUT2D eigenvalue weighted by Gasteiger charge is 2.32. The Balaban J connectivity index is 1.78. The Bertz CT molecular complexity index is 828. The molecule has 6 nitrogen and oxygen atoms in total. The van der Waals surface area contributed by atoms with Gasteiger partial charge in [-0.1, -0.05) is 24.3 Å². The number of nitrogens with zero attached hydrogens (tertiary/aromatic N) is 1. The fourth-order valence-corrected chi connectivity index (χ4v) is 2.62. The molecule has 0 bridgehead atoms. The number of rotatable bonds is 5. The van der Waals surface area contributed by atoms with Crippen LogP contribution in [-0.4, -0.2) is 31.1 Å². The molecule has 2 amide bonds. The second kappa shape index (κ2) is 7.38. The molecule has 2 aromatic carbocycles. The van der Waals surface area contributed by atoms with Gasteiger partial charge in [0.1, 0.15) is 18.0 Å². The van der Waals surface area contributed by atoms with E-state index in [1.807, 2.05) is 0 Å². The summed E-state index contributed by atoms with van der Waals surface area (Å²) in [4.78, 5) is 26.1. The molecule has 0 unspecified atom stereocenters. The zero-order valence-corrected chi connectivity index (χ0v) is 13.8. The van der Waals surface area contributed by atoms with Gasteiger partial charge in [-0.3, -0.25) is 14.5 Å². The number of alkyl halides is 2. The zero-order valence-electron chi connectivity index (χ0n) is 13.8. The third kappa shape index (κ3) is 3.74. The lowest BCUT2D eigenvalue weighted by Gasteiger charge is -2.32. The number of ether oxygens (including phenoxy) is 2. The molecular weight excluding hydrogens is 346 g/mol. The molecule has 0 saturated heterocycles. The number of hydrogen-bond donors (Lipinski definition) is 1. The van der Waals surface area contributed by atoms with Gasteiger partial charge >= 0.3 is 6.61 Å². The number of carbonyl (C=O) groups is 2.